The summed E-state index contributed by atoms with van der Waals surface area (Å²) < 4.78 is 4.80. The molecule has 4 N–H and O–H groups in total. The Hall–Kier alpha value is -2.49. The first-order valence-corrected chi connectivity index (χ1v) is 6.23. The van der Waals surface area contributed by atoms with Crippen molar-refractivity contribution in [1.29, 1.82) is 0 Å². The summed E-state index contributed by atoms with van der Waals surface area (Å²) >= 11 is 0. The Morgan fingerprint density at radius 1 is 1.43 bits per heavy atom. The fraction of sp³-hybridized carbons (Fsp3) is 0.545. The third-order valence-electron chi connectivity index (χ3n) is 2.53. The highest BCUT2D eigenvalue weighted by atomic mass is 16.6. The van der Waals surface area contributed by atoms with Gasteiger partial charge < -0.3 is 21.1 Å². The number of nitrogens with two attached hydrogens (primary N) is 1. The van der Waals surface area contributed by atoms with Crippen LogP contribution in [0.1, 0.15) is 12.1 Å². The largest absolute Gasteiger partial charge is 0.383 e. The molecule has 1 rings (SSSR count). The summed E-state index contributed by atoms with van der Waals surface area (Å²) in [6.07, 6.45) is 0.143. The van der Waals surface area contributed by atoms with Gasteiger partial charge in [0, 0.05) is 26.6 Å². The number of aryl methyl sites for hydroxylation is 1. The van der Waals surface area contributed by atoms with Gasteiger partial charge in [-0.25, -0.2) is 4.98 Å². The molecule has 0 bridgehead atoms. The lowest BCUT2D eigenvalue weighted by Gasteiger charge is -2.08. The van der Waals surface area contributed by atoms with Gasteiger partial charge in [0.05, 0.1) is 11.5 Å². The number of hydrogen-bond acceptors (Lipinski definition) is 8. The third kappa shape index (κ3) is 5.18. The van der Waals surface area contributed by atoms with E-state index in [9.17, 15) is 14.9 Å². The molecule has 0 aliphatic heterocycles. The summed E-state index contributed by atoms with van der Waals surface area (Å²) in [6, 6.07) is 0. The Morgan fingerprint density at radius 2 is 2.14 bits per heavy atom. The molecule has 0 radical (unpaired) electrons. The minimum Gasteiger partial charge on any atom is -0.383 e. The molecule has 0 aliphatic carbocycles. The average molecular weight is 298 g/mol. The highest BCUT2D eigenvalue weighted by molar-refractivity contribution is 5.76. The van der Waals surface area contributed by atoms with Crippen LogP contribution in [0.15, 0.2) is 0 Å². The van der Waals surface area contributed by atoms with E-state index in [1.807, 2.05) is 0 Å². The van der Waals surface area contributed by atoms with Crippen molar-refractivity contribution >= 4 is 23.4 Å². The first-order valence-electron chi connectivity index (χ1n) is 6.23. The van der Waals surface area contributed by atoms with Crippen molar-refractivity contribution in [2.45, 2.75) is 13.3 Å². The monoisotopic (exact) mass is 298 g/mol. The van der Waals surface area contributed by atoms with Gasteiger partial charge in [0.2, 0.25) is 17.7 Å². The Bertz CT molecular complexity index is 522. The van der Waals surface area contributed by atoms with E-state index in [4.69, 9.17) is 10.5 Å². The SMILES string of the molecule is COCCNC(=O)CCNc1nc(N)nc(C)c1[N+](=O)[O-]. The first-order chi connectivity index (χ1) is 9.95. The van der Waals surface area contributed by atoms with Gasteiger partial charge in [0.1, 0.15) is 5.69 Å². The van der Waals surface area contributed by atoms with Gasteiger partial charge in [-0.15, -0.1) is 0 Å². The molecule has 0 aromatic carbocycles. The number of carbonyl (C=O) groups is 1. The van der Waals surface area contributed by atoms with Crippen molar-refractivity contribution in [1.82, 2.24) is 15.3 Å². The number of anilines is 2. The molecule has 21 heavy (non-hydrogen) atoms. The van der Waals surface area contributed by atoms with E-state index in [2.05, 4.69) is 20.6 Å². The molecule has 0 saturated carbocycles. The van der Waals surface area contributed by atoms with E-state index in [1.54, 1.807) is 0 Å². The number of nitro groups is 1. The molecular formula is C11H18N6O4. The molecule has 1 aromatic rings. The van der Waals surface area contributed by atoms with Crippen LogP contribution in [0, 0.1) is 17.0 Å². The van der Waals surface area contributed by atoms with Crippen molar-refractivity contribution in [2.24, 2.45) is 0 Å². The molecule has 1 heterocycles. The second kappa shape index (κ2) is 7.94. The van der Waals surface area contributed by atoms with Crippen LogP contribution in [0.4, 0.5) is 17.5 Å². The van der Waals surface area contributed by atoms with E-state index in [-0.39, 0.29) is 42.0 Å². The number of methoxy groups -OCH3 is 1. The Balaban J connectivity index is 2.59. The lowest BCUT2D eigenvalue weighted by atomic mass is 10.3. The fourth-order valence-electron chi connectivity index (χ4n) is 1.61. The van der Waals surface area contributed by atoms with Crippen molar-refractivity contribution in [3.05, 3.63) is 15.8 Å². The second-order valence-electron chi connectivity index (χ2n) is 4.14. The van der Waals surface area contributed by atoms with Crippen LogP contribution < -0.4 is 16.4 Å². The highest BCUT2D eigenvalue weighted by Gasteiger charge is 2.21. The third-order valence-corrected chi connectivity index (χ3v) is 2.53. The number of rotatable bonds is 8. The molecule has 0 atom stereocenters. The van der Waals surface area contributed by atoms with E-state index in [1.165, 1.54) is 14.0 Å². The van der Waals surface area contributed by atoms with E-state index >= 15 is 0 Å². The molecule has 10 nitrogen and oxygen atoms in total. The molecule has 0 spiro atoms. The molecule has 1 amide bonds. The molecule has 0 unspecified atom stereocenters. The van der Waals surface area contributed by atoms with Crippen LogP contribution in [-0.4, -0.2) is 47.6 Å². The van der Waals surface area contributed by atoms with E-state index in [0.29, 0.717) is 13.2 Å². The van der Waals surface area contributed by atoms with Crippen LogP contribution in [0.3, 0.4) is 0 Å². The molecule has 10 heteroatoms. The number of nitrogen functional groups attached to an aromatic ring is 1. The van der Waals surface area contributed by atoms with E-state index < -0.39 is 4.92 Å². The van der Waals surface area contributed by atoms with Gasteiger partial charge in [0.15, 0.2) is 0 Å². The highest BCUT2D eigenvalue weighted by Crippen LogP contribution is 2.25. The van der Waals surface area contributed by atoms with Crippen molar-refractivity contribution in [3.63, 3.8) is 0 Å². The predicted molar refractivity (Wildman–Crippen MR) is 75.8 cm³/mol. The maximum absolute atomic E-state index is 11.5. The predicted octanol–water partition coefficient (Wildman–Crippen LogP) is -0.160. The number of carbonyl (C=O) groups excluding carboxylic acids is 1. The Labute approximate surface area is 121 Å². The minimum absolute atomic E-state index is 0.00897. The number of aromatic nitrogens is 2. The molecule has 0 saturated heterocycles. The van der Waals surface area contributed by atoms with Gasteiger partial charge >= 0.3 is 5.69 Å². The molecule has 116 valence electrons. The maximum atomic E-state index is 11.5. The molecular weight excluding hydrogens is 280 g/mol. The number of hydrogen-bond donors (Lipinski definition) is 3. The number of nitrogens with zero attached hydrogens (tertiary/aromatic N) is 3. The standard InChI is InChI=1S/C11H18N6O4/c1-7-9(17(19)20)10(16-11(12)15-7)14-4-3-8(18)13-5-6-21-2/h3-6H2,1-2H3,(H,13,18)(H3,12,14,15,16). The summed E-state index contributed by atoms with van der Waals surface area (Å²) in [6.45, 7) is 2.50. The summed E-state index contributed by atoms with van der Waals surface area (Å²) in [5.41, 5.74) is 5.38. The number of nitrogens with one attached hydrogen (secondary N) is 2. The zero-order valence-electron chi connectivity index (χ0n) is 11.9. The number of ether oxygens (including phenoxy) is 1. The summed E-state index contributed by atoms with van der Waals surface area (Å²) in [5.74, 6) is -0.249. The van der Waals surface area contributed by atoms with Crippen LogP contribution in [0.2, 0.25) is 0 Å². The molecule has 0 aliphatic rings. The van der Waals surface area contributed by atoms with Crippen LogP contribution in [0.5, 0.6) is 0 Å². The second-order valence-corrected chi connectivity index (χ2v) is 4.14. The van der Waals surface area contributed by atoms with Gasteiger partial charge in [0.25, 0.3) is 0 Å². The Kier molecular flexibility index (Phi) is 6.27. The van der Waals surface area contributed by atoms with Gasteiger partial charge in [-0.2, -0.15) is 4.98 Å². The van der Waals surface area contributed by atoms with Gasteiger partial charge in [-0.05, 0) is 6.92 Å². The van der Waals surface area contributed by atoms with Crippen LogP contribution in [-0.2, 0) is 9.53 Å². The smallest absolute Gasteiger partial charge is 0.332 e. The normalized spacial score (nSPS) is 10.2. The van der Waals surface area contributed by atoms with Crippen LogP contribution >= 0.6 is 0 Å². The summed E-state index contributed by atoms with van der Waals surface area (Å²) in [4.78, 5) is 29.4. The average Bonchev–Trinajstić information content (AvgIpc) is 2.37. The zero-order valence-corrected chi connectivity index (χ0v) is 11.9. The quantitative estimate of drug-likeness (QED) is 0.341. The Morgan fingerprint density at radius 3 is 2.76 bits per heavy atom. The fourth-order valence-corrected chi connectivity index (χ4v) is 1.61. The zero-order chi connectivity index (χ0) is 15.8. The lowest BCUT2D eigenvalue weighted by molar-refractivity contribution is -0.385. The van der Waals surface area contributed by atoms with Crippen molar-refractivity contribution in [3.8, 4) is 0 Å². The molecule has 0 fully saturated rings. The van der Waals surface area contributed by atoms with Crippen molar-refractivity contribution in [2.75, 3.05) is 37.9 Å². The summed E-state index contributed by atoms with van der Waals surface area (Å²) in [7, 11) is 1.54. The van der Waals surface area contributed by atoms with Gasteiger partial charge in [-0.1, -0.05) is 0 Å². The van der Waals surface area contributed by atoms with E-state index in [0.717, 1.165) is 0 Å². The molecule has 1 aromatic heterocycles. The van der Waals surface area contributed by atoms with Crippen molar-refractivity contribution < 1.29 is 14.5 Å². The van der Waals surface area contributed by atoms with Gasteiger partial charge in [-0.3, -0.25) is 14.9 Å². The summed E-state index contributed by atoms with van der Waals surface area (Å²) in [5, 5.41) is 16.3. The first kappa shape index (κ1) is 16.6. The topological polar surface area (TPSA) is 145 Å². The van der Waals surface area contributed by atoms with Crippen LogP contribution in [0.25, 0.3) is 0 Å². The minimum atomic E-state index is -0.588. The number of amides is 1. The lowest BCUT2D eigenvalue weighted by Crippen LogP contribution is -2.28. The maximum Gasteiger partial charge on any atom is 0.332 e.